The highest BCUT2D eigenvalue weighted by atomic mass is 16.6. The number of methoxy groups -OCH3 is 1. The average molecular weight is 506 g/mol. The van der Waals surface area contributed by atoms with Gasteiger partial charge < -0.3 is 19.5 Å². The van der Waals surface area contributed by atoms with Crippen LogP contribution >= 0.6 is 0 Å². The van der Waals surface area contributed by atoms with Gasteiger partial charge in [0, 0.05) is 0 Å². The van der Waals surface area contributed by atoms with Crippen LogP contribution in [0.25, 0.3) is 0 Å². The van der Waals surface area contributed by atoms with E-state index in [0.29, 0.717) is 11.5 Å². The number of alkyl carbamates (subject to hydrolysis) is 1. The third-order valence-corrected chi connectivity index (χ3v) is 7.52. The second kappa shape index (κ2) is 13.5. The van der Waals surface area contributed by atoms with E-state index < -0.39 is 17.7 Å². The second-order valence-electron chi connectivity index (χ2n) is 12.1. The van der Waals surface area contributed by atoms with E-state index in [2.05, 4.69) is 82.8 Å². The largest absolute Gasteiger partial charge is 0.468 e. The third-order valence-electron chi connectivity index (χ3n) is 7.52. The first-order valence-electron chi connectivity index (χ1n) is 13.3. The Balaban J connectivity index is 0.000000277. The molecule has 1 aromatic carbocycles. The van der Waals surface area contributed by atoms with Crippen LogP contribution < -0.4 is 5.32 Å². The number of nitrogens with one attached hydrogen (secondary N) is 1. The molecule has 1 N–H and O–H groups in total. The van der Waals surface area contributed by atoms with Gasteiger partial charge in [0.05, 0.1) is 18.8 Å². The van der Waals surface area contributed by atoms with Crippen molar-refractivity contribution in [3.05, 3.63) is 35.4 Å². The predicted molar refractivity (Wildman–Crippen MR) is 146 cm³/mol. The minimum atomic E-state index is -0.627. The van der Waals surface area contributed by atoms with Crippen LogP contribution in [0.1, 0.15) is 92.7 Å². The van der Waals surface area contributed by atoms with Crippen molar-refractivity contribution in [2.75, 3.05) is 13.7 Å². The van der Waals surface area contributed by atoms with Crippen molar-refractivity contribution < 1.29 is 23.8 Å². The zero-order valence-corrected chi connectivity index (χ0v) is 24.6. The number of carbonyl (C=O) groups is 2. The van der Waals surface area contributed by atoms with Gasteiger partial charge in [0.15, 0.2) is 0 Å². The lowest BCUT2D eigenvalue weighted by molar-refractivity contribution is -0.139. The zero-order chi connectivity index (χ0) is 27.7. The molecule has 36 heavy (non-hydrogen) atoms. The van der Waals surface area contributed by atoms with Gasteiger partial charge in [-0.15, -0.1) is 0 Å². The summed E-state index contributed by atoms with van der Waals surface area (Å²) >= 11 is 0. The molecule has 1 aliphatic carbocycles. The lowest BCUT2D eigenvalue weighted by Gasteiger charge is -2.51. The number of esters is 1. The molecular formula is C30H51NO5. The van der Waals surface area contributed by atoms with Crippen LogP contribution in [0.4, 0.5) is 4.79 Å². The number of amides is 1. The van der Waals surface area contributed by atoms with Crippen molar-refractivity contribution in [1.29, 1.82) is 0 Å². The quantitative estimate of drug-likeness (QED) is 0.454. The summed E-state index contributed by atoms with van der Waals surface area (Å²) in [4.78, 5) is 21.5. The van der Waals surface area contributed by atoms with Crippen molar-refractivity contribution in [3.8, 4) is 0 Å². The monoisotopic (exact) mass is 505 g/mol. The van der Waals surface area contributed by atoms with E-state index in [1.54, 1.807) is 20.8 Å². The van der Waals surface area contributed by atoms with Gasteiger partial charge in [0.25, 0.3) is 0 Å². The molecule has 0 bridgehead atoms. The van der Waals surface area contributed by atoms with Gasteiger partial charge in [0.2, 0.25) is 0 Å². The fourth-order valence-corrected chi connectivity index (χ4v) is 4.84. The summed E-state index contributed by atoms with van der Waals surface area (Å²) in [5, 5.41) is 2.25. The Morgan fingerprint density at radius 3 is 2.22 bits per heavy atom. The third kappa shape index (κ3) is 10.1. The van der Waals surface area contributed by atoms with Crippen molar-refractivity contribution in [2.24, 2.45) is 17.3 Å². The molecule has 1 aliphatic heterocycles. The molecule has 3 atom stereocenters. The number of fused-ring (bicyclic) bond motifs is 1. The van der Waals surface area contributed by atoms with Crippen molar-refractivity contribution >= 4 is 12.1 Å². The van der Waals surface area contributed by atoms with Crippen LogP contribution in [0.5, 0.6) is 0 Å². The second-order valence-corrected chi connectivity index (χ2v) is 12.1. The molecule has 0 aromatic heterocycles. The van der Waals surface area contributed by atoms with E-state index in [4.69, 9.17) is 9.47 Å². The molecule has 3 rings (SSSR count). The number of ether oxygens (including phenoxy) is 3. The Hall–Kier alpha value is -2.08. The van der Waals surface area contributed by atoms with Gasteiger partial charge in [-0.2, -0.15) is 0 Å². The summed E-state index contributed by atoms with van der Waals surface area (Å²) in [5.74, 6) is 1.31. The molecule has 2 fully saturated rings. The summed E-state index contributed by atoms with van der Waals surface area (Å²) in [6.45, 7) is 20.9. The smallest absolute Gasteiger partial charge is 0.408 e. The summed E-state index contributed by atoms with van der Waals surface area (Å²) in [5.41, 5.74) is 2.59. The molecule has 1 heterocycles. The lowest BCUT2D eigenvalue weighted by atomic mass is 9.55. The van der Waals surface area contributed by atoms with Crippen LogP contribution in [0, 0.1) is 24.2 Å². The lowest BCUT2D eigenvalue weighted by Crippen LogP contribution is -2.49. The Kier molecular flexibility index (Phi) is 11.9. The highest BCUT2D eigenvalue weighted by molar-refractivity contribution is 5.77. The first kappa shape index (κ1) is 31.9. The highest BCUT2D eigenvalue weighted by Crippen LogP contribution is 2.56. The van der Waals surface area contributed by atoms with Crippen molar-refractivity contribution in [3.63, 3.8) is 0 Å². The molecule has 0 radical (unpaired) electrons. The summed E-state index contributed by atoms with van der Waals surface area (Å²) in [6.07, 6.45) is 5.08. The maximum absolute atomic E-state index is 10.9. The Morgan fingerprint density at radius 1 is 1.14 bits per heavy atom. The molecule has 1 saturated heterocycles. The van der Waals surface area contributed by atoms with E-state index >= 15 is 0 Å². The van der Waals surface area contributed by atoms with E-state index in [0.717, 1.165) is 18.3 Å². The molecular weight excluding hydrogens is 454 g/mol. The number of carbonyl (C=O) groups excluding carboxylic acids is 2. The number of benzene rings is 1. The molecule has 1 amide bonds. The van der Waals surface area contributed by atoms with Gasteiger partial charge >= 0.3 is 12.1 Å². The number of aryl methyl sites for hydroxylation is 2. The van der Waals surface area contributed by atoms with Crippen LogP contribution in [0.2, 0.25) is 0 Å². The van der Waals surface area contributed by atoms with Crippen LogP contribution in [0.15, 0.2) is 24.3 Å². The van der Waals surface area contributed by atoms with Crippen LogP contribution in [-0.2, 0) is 25.4 Å². The predicted octanol–water partition coefficient (Wildman–Crippen LogP) is 6.87. The van der Waals surface area contributed by atoms with Crippen LogP contribution in [0.3, 0.4) is 0 Å². The van der Waals surface area contributed by atoms with Gasteiger partial charge in [0.1, 0.15) is 12.1 Å². The molecule has 3 unspecified atom stereocenters. The summed E-state index contributed by atoms with van der Waals surface area (Å²) < 4.78 is 15.4. The summed E-state index contributed by atoms with van der Waals surface area (Å²) in [6, 6.07) is 8.61. The normalized spacial score (nSPS) is 23.6. The Labute approximate surface area is 219 Å². The standard InChI is InChI=1S/C13H24O.C9H12.C8H15NO4/c1-9-8-10-6-7-11(10)12(2,3)13(4,5)14-9;1-3-9-6-4-5-8(2)7-9;1-8(2,3)13-7(11)9-5-6(10)12-4/h9-11H,6-8H2,1-5H3;4-7H,3H2,1-2H3;5H2,1-4H3,(H,9,11). The van der Waals surface area contributed by atoms with Gasteiger partial charge in [-0.05, 0) is 97.0 Å². The first-order valence-corrected chi connectivity index (χ1v) is 13.3. The van der Waals surface area contributed by atoms with E-state index in [1.807, 2.05) is 0 Å². The SMILES string of the molecule is CC1CC2CCC2C(C)(C)C(C)(C)O1.CCc1cccc(C)c1.COC(=O)CNC(=O)OC(C)(C)C. The Bertz CT molecular complexity index is 840. The molecule has 206 valence electrons. The highest BCUT2D eigenvalue weighted by Gasteiger charge is 2.53. The zero-order valence-electron chi connectivity index (χ0n) is 24.6. The number of rotatable bonds is 3. The Morgan fingerprint density at radius 2 is 1.78 bits per heavy atom. The number of hydrogen-bond acceptors (Lipinski definition) is 5. The fourth-order valence-electron chi connectivity index (χ4n) is 4.84. The average Bonchev–Trinajstić information content (AvgIpc) is 2.77. The molecule has 1 saturated carbocycles. The topological polar surface area (TPSA) is 73.9 Å². The van der Waals surface area contributed by atoms with E-state index in [9.17, 15) is 9.59 Å². The van der Waals surface area contributed by atoms with Gasteiger partial charge in [-0.3, -0.25) is 4.79 Å². The first-order chi connectivity index (χ1) is 16.5. The summed E-state index contributed by atoms with van der Waals surface area (Å²) in [7, 11) is 1.25. The van der Waals surface area contributed by atoms with Crippen LogP contribution in [-0.4, -0.2) is 43.0 Å². The number of hydrogen-bond donors (Lipinski definition) is 1. The van der Waals surface area contributed by atoms with Gasteiger partial charge in [-0.25, -0.2) is 4.79 Å². The van der Waals surface area contributed by atoms with Gasteiger partial charge in [-0.1, -0.05) is 50.6 Å². The maximum atomic E-state index is 10.9. The molecule has 2 aliphatic rings. The molecule has 6 heteroatoms. The van der Waals surface area contributed by atoms with Crippen molar-refractivity contribution in [2.45, 2.75) is 112 Å². The van der Waals surface area contributed by atoms with E-state index in [1.165, 1.54) is 37.5 Å². The van der Waals surface area contributed by atoms with E-state index in [-0.39, 0.29) is 12.1 Å². The molecule has 6 nitrogen and oxygen atoms in total. The maximum Gasteiger partial charge on any atom is 0.408 e. The molecule has 1 aromatic rings. The molecule has 0 spiro atoms. The van der Waals surface area contributed by atoms with Crippen molar-refractivity contribution in [1.82, 2.24) is 5.32 Å². The minimum absolute atomic E-state index is 0.0340. The fraction of sp³-hybridized carbons (Fsp3) is 0.733. The minimum Gasteiger partial charge on any atom is -0.468 e.